The van der Waals surface area contributed by atoms with Gasteiger partial charge in [-0.15, -0.1) is 0 Å². The van der Waals surface area contributed by atoms with Gasteiger partial charge in [0.15, 0.2) is 11.5 Å². The van der Waals surface area contributed by atoms with Crippen LogP contribution < -0.4 is 10.2 Å². The van der Waals surface area contributed by atoms with Gasteiger partial charge in [-0.1, -0.05) is 41.4 Å². The summed E-state index contributed by atoms with van der Waals surface area (Å²) in [7, 11) is 0. The Kier molecular flexibility index (Phi) is 4.16. The number of phenolic OH excluding ortho intramolecular Hbond substituents is 2. The topological polar surface area (TPSA) is 72.8 Å². The molecule has 6 heteroatoms. The van der Waals surface area contributed by atoms with Gasteiger partial charge in [0.2, 0.25) is 0 Å². The molecule has 3 N–H and O–H groups in total. The molecule has 3 aromatic carbocycles. The number of nitrogens with zero attached hydrogens (tertiary/aromatic N) is 1. The number of fused-ring (bicyclic) bond motifs is 1. The van der Waals surface area contributed by atoms with Crippen LogP contribution in [0.15, 0.2) is 60.7 Å². The first kappa shape index (κ1) is 17.2. The number of amides is 1. The lowest BCUT2D eigenvalue weighted by Gasteiger charge is -2.38. The molecule has 4 rings (SSSR count). The molecule has 0 unspecified atom stereocenters. The van der Waals surface area contributed by atoms with Crippen molar-refractivity contribution in [3.63, 3.8) is 0 Å². The van der Waals surface area contributed by atoms with E-state index in [0.29, 0.717) is 22.5 Å². The Balaban J connectivity index is 1.89. The number of aryl methyl sites for hydroxylation is 1. The van der Waals surface area contributed by atoms with Crippen molar-refractivity contribution in [2.75, 3.05) is 10.2 Å². The molecule has 0 spiro atoms. The fourth-order valence-electron chi connectivity index (χ4n) is 3.22. The molecule has 0 aromatic heterocycles. The summed E-state index contributed by atoms with van der Waals surface area (Å²) >= 11 is 6.05. The second kappa shape index (κ2) is 6.52. The summed E-state index contributed by atoms with van der Waals surface area (Å²) in [6.45, 7) is 1.98. The van der Waals surface area contributed by atoms with E-state index >= 15 is 0 Å². The van der Waals surface area contributed by atoms with E-state index in [1.165, 1.54) is 12.1 Å². The zero-order valence-corrected chi connectivity index (χ0v) is 15.2. The molecular weight excluding hydrogens is 364 g/mol. The van der Waals surface area contributed by atoms with Crippen LogP contribution in [0.1, 0.15) is 27.7 Å². The number of hydrogen-bond donors (Lipinski definition) is 3. The van der Waals surface area contributed by atoms with Gasteiger partial charge in [0.25, 0.3) is 5.91 Å². The molecule has 1 aliphatic rings. The van der Waals surface area contributed by atoms with Gasteiger partial charge >= 0.3 is 0 Å². The molecule has 3 aromatic rings. The van der Waals surface area contributed by atoms with E-state index < -0.39 is 6.17 Å². The molecule has 0 radical (unpaired) electrons. The SMILES string of the molecule is Cc1ccc(N2C(=O)c3ccccc3N[C@H]2c2cc(O)c(O)c(Cl)c2)cc1. The number of anilines is 2. The number of phenols is 2. The highest BCUT2D eigenvalue weighted by Crippen LogP contribution is 2.41. The summed E-state index contributed by atoms with van der Waals surface area (Å²) in [5, 5.41) is 23.1. The molecule has 1 amide bonds. The van der Waals surface area contributed by atoms with Crippen molar-refractivity contribution < 1.29 is 15.0 Å². The van der Waals surface area contributed by atoms with Gasteiger partial charge in [0, 0.05) is 16.9 Å². The van der Waals surface area contributed by atoms with Crippen molar-refractivity contribution in [3.8, 4) is 11.5 Å². The van der Waals surface area contributed by atoms with E-state index in [9.17, 15) is 15.0 Å². The van der Waals surface area contributed by atoms with Crippen LogP contribution in [0.4, 0.5) is 11.4 Å². The van der Waals surface area contributed by atoms with E-state index in [2.05, 4.69) is 5.32 Å². The second-order valence-corrected chi connectivity index (χ2v) is 6.88. The number of aromatic hydroxyl groups is 2. The number of benzene rings is 3. The lowest BCUT2D eigenvalue weighted by molar-refractivity contribution is 0.0975. The Bertz CT molecular complexity index is 1010. The van der Waals surface area contributed by atoms with Gasteiger partial charge in [-0.25, -0.2) is 0 Å². The third-order valence-corrected chi connectivity index (χ3v) is 4.91. The molecule has 0 bridgehead atoms. The Hall–Kier alpha value is -3.18. The van der Waals surface area contributed by atoms with Crippen molar-refractivity contribution in [1.29, 1.82) is 0 Å². The second-order valence-electron chi connectivity index (χ2n) is 6.47. The third kappa shape index (κ3) is 2.96. The largest absolute Gasteiger partial charge is 0.504 e. The van der Waals surface area contributed by atoms with E-state index in [1.54, 1.807) is 11.0 Å². The van der Waals surface area contributed by atoms with Gasteiger partial charge < -0.3 is 15.5 Å². The van der Waals surface area contributed by atoms with Crippen molar-refractivity contribution in [2.45, 2.75) is 13.1 Å². The Labute approximate surface area is 161 Å². The minimum absolute atomic E-state index is 0.0157. The molecule has 1 atom stereocenters. The van der Waals surface area contributed by atoms with Crippen LogP contribution in [0.3, 0.4) is 0 Å². The first-order valence-electron chi connectivity index (χ1n) is 8.43. The van der Waals surface area contributed by atoms with Crippen LogP contribution in [0.2, 0.25) is 5.02 Å². The normalized spacial score (nSPS) is 16.0. The fraction of sp³-hybridized carbons (Fsp3) is 0.0952. The number of halogens is 1. The van der Waals surface area contributed by atoms with Crippen LogP contribution in [-0.4, -0.2) is 16.1 Å². The Morgan fingerprint density at radius 2 is 1.74 bits per heavy atom. The highest BCUT2D eigenvalue weighted by Gasteiger charge is 2.34. The number of hydrogen-bond acceptors (Lipinski definition) is 4. The van der Waals surface area contributed by atoms with Crippen molar-refractivity contribution in [2.24, 2.45) is 0 Å². The molecule has 0 saturated carbocycles. The quantitative estimate of drug-likeness (QED) is 0.557. The molecule has 1 heterocycles. The van der Waals surface area contributed by atoms with Gasteiger partial charge in [-0.05, 0) is 43.3 Å². The first-order chi connectivity index (χ1) is 13.0. The lowest BCUT2D eigenvalue weighted by Crippen LogP contribution is -2.43. The number of nitrogens with one attached hydrogen (secondary N) is 1. The maximum absolute atomic E-state index is 13.3. The van der Waals surface area contributed by atoms with Crippen LogP contribution in [-0.2, 0) is 0 Å². The summed E-state index contributed by atoms with van der Waals surface area (Å²) < 4.78 is 0. The van der Waals surface area contributed by atoms with Crippen molar-refractivity contribution in [1.82, 2.24) is 0 Å². The summed E-state index contributed by atoms with van der Waals surface area (Å²) in [6, 6.07) is 17.8. The highest BCUT2D eigenvalue weighted by molar-refractivity contribution is 6.32. The van der Waals surface area contributed by atoms with E-state index in [4.69, 9.17) is 11.6 Å². The van der Waals surface area contributed by atoms with Crippen LogP contribution in [0, 0.1) is 6.92 Å². The Morgan fingerprint density at radius 3 is 2.44 bits per heavy atom. The molecule has 5 nitrogen and oxygen atoms in total. The standard InChI is InChI=1S/C21H17ClN2O3/c1-12-6-8-14(9-7-12)24-20(13-10-16(22)19(26)18(25)11-13)23-17-5-3-2-4-15(17)21(24)27/h2-11,20,23,25-26H,1H3/t20-/m1/s1. The minimum Gasteiger partial charge on any atom is -0.504 e. The third-order valence-electron chi connectivity index (χ3n) is 4.62. The fourth-order valence-corrected chi connectivity index (χ4v) is 3.44. The molecule has 27 heavy (non-hydrogen) atoms. The van der Waals surface area contributed by atoms with E-state index in [1.807, 2.05) is 49.4 Å². The van der Waals surface area contributed by atoms with Crippen LogP contribution in [0.25, 0.3) is 0 Å². The minimum atomic E-state index is -0.598. The number of para-hydroxylation sites is 1. The summed E-state index contributed by atoms with van der Waals surface area (Å²) in [4.78, 5) is 14.9. The van der Waals surface area contributed by atoms with Gasteiger partial charge in [0.05, 0.1) is 10.6 Å². The summed E-state index contributed by atoms with van der Waals surface area (Å²) in [6.07, 6.45) is -0.598. The van der Waals surface area contributed by atoms with Gasteiger partial charge in [-0.3, -0.25) is 9.69 Å². The van der Waals surface area contributed by atoms with E-state index in [0.717, 1.165) is 5.56 Å². The monoisotopic (exact) mass is 380 g/mol. The maximum atomic E-state index is 13.3. The van der Waals surface area contributed by atoms with Crippen molar-refractivity contribution >= 4 is 28.9 Å². The van der Waals surface area contributed by atoms with Crippen LogP contribution in [0.5, 0.6) is 11.5 Å². The van der Waals surface area contributed by atoms with Gasteiger partial charge in [-0.2, -0.15) is 0 Å². The van der Waals surface area contributed by atoms with Gasteiger partial charge in [0.1, 0.15) is 6.17 Å². The molecule has 0 aliphatic carbocycles. The first-order valence-corrected chi connectivity index (χ1v) is 8.80. The molecule has 0 saturated heterocycles. The lowest BCUT2D eigenvalue weighted by atomic mass is 10.0. The predicted octanol–water partition coefficient (Wildman–Crippen LogP) is 4.83. The number of carbonyl (C=O) groups excluding carboxylic acids is 1. The van der Waals surface area contributed by atoms with Crippen LogP contribution >= 0.6 is 11.6 Å². The average molecular weight is 381 g/mol. The molecule has 136 valence electrons. The average Bonchev–Trinajstić information content (AvgIpc) is 2.66. The zero-order valence-electron chi connectivity index (χ0n) is 14.5. The molecule has 1 aliphatic heterocycles. The zero-order chi connectivity index (χ0) is 19.1. The number of rotatable bonds is 2. The molecular formula is C21H17ClN2O3. The smallest absolute Gasteiger partial charge is 0.262 e. The van der Waals surface area contributed by atoms with Crippen molar-refractivity contribution in [3.05, 3.63) is 82.4 Å². The summed E-state index contributed by atoms with van der Waals surface area (Å²) in [5.74, 6) is -0.888. The highest BCUT2D eigenvalue weighted by atomic mass is 35.5. The van der Waals surface area contributed by atoms with E-state index in [-0.39, 0.29) is 22.4 Å². The predicted molar refractivity (Wildman–Crippen MR) is 106 cm³/mol. The Morgan fingerprint density at radius 1 is 1.04 bits per heavy atom. The molecule has 0 fully saturated rings. The maximum Gasteiger partial charge on any atom is 0.262 e. The number of carbonyl (C=O) groups is 1. The summed E-state index contributed by atoms with van der Waals surface area (Å²) in [5.41, 5.74) is 3.60.